The largest absolute Gasteiger partial charge is 0.468 e. The van der Waals surface area contributed by atoms with Crippen LogP contribution in [0.1, 0.15) is 31.6 Å². The summed E-state index contributed by atoms with van der Waals surface area (Å²) in [4.78, 5) is 31.4. The molecule has 6 rings (SSSR count). The molecule has 236 valence electrons. The molecule has 1 aliphatic heterocycles. The third kappa shape index (κ3) is 7.35. The summed E-state index contributed by atoms with van der Waals surface area (Å²) in [6.07, 6.45) is 3.87. The second-order valence-corrected chi connectivity index (χ2v) is 13.6. The third-order valence-electron chi connectivity index (χ3n) is 7.81. The summed E-state index contributed by atoms with van der Waals surface area (Å²) in [5.41, 5.74) is 4.17. The number of fused-ring (bicyclic) bond motifs is 1. The van der Waals surface area contributed by atoms with E-state index in [1.807, 2.05) is 92.9 Å². The van der Waals surface area contributed by atoms with Gasteiger partial charge < -0.3 is 20.0 Å². The molecule has 0 fully saturated rings. The van der Waals surface area contributed by atoms with Crippen molar-refractivity contribution in [2.45, 2.75) is 54.7 Å². The van der Waals surface area contributed by atoms with E-state index in [0.29, 0.717) is 24.7 Å². The number of tetrazole rings is 1. The van der Waals surface area contributed by atoms with Crippen LogP contribution in [0, 0.1) is 0 Å². The van der Waals surface area contributed by atoms with Gasteiger partial charge in [-0.15, -0.1) is 33.7 Å². The van der Waals surface area contributed by atoms with Gasteiger partial charge in [-0.2, -0.15) is 5.21 Å². The lowest BCUT2D eigenvalue weighted by atomic mass is 9.98. The molecule has 5 aromatic rings. The lowest BCUT2D eigenvalue weighted by Crippen LogP contribution is -2.51. The summed E-state index contributed by atoms with van der Waals surface area (Å²) in [5.74, 6) is 1.45. The van der Waals surface area contributed by atoms with E-state index >= 15 is 0 Å². The number of amides is 2. The third-order valence-corrected chi connectivity index (χ3v) is 9.67. The number of hydrogen-bond acceptors (Lipinski definition) is 9. The van der Waals surface area contributed by atoms with Crippen molar-refractivity contribution >= 4 is 41.0 Å². The van der Waals surface area contributed by atoms with Crippen molar-refractivity contribution in [2.24, 2.45) is 0 Å². The van der Waals surface area contributed by atoms with Crippen LogP contribution < -0.4 is 15.5 Å². The van der Waals surface area contributed by atoms with E-state index in [-0.39, 0.29) is 18.2 Å². The van der Waals surface area contributed by atoms with Gasteiger partial charge in [-0.1, -0.05) is 48.5 Å². The highest BCUT2D eigenvalue weighted by molar-refractivity contribution is 8.00. The van der Waals surface area contributed by atoms with Crippen LogP contribution in [0.25, 0.3) is 22.5 Å². The first-order chi connectivity index (χ1) is 22.3. The normalized spacial score (nSPS) is 15.0. The van der Waals surface area contributed by atoms with Gasteiger partial charge in [-0.05, 0) is 72.3 Å². The topological polar surface area (TPSA) is 129 Å². The molecular formula is C34H35N7O3S2. The molecule has 1 atom stereocenters. The molecule has 0 saturated heterocycles. The van der Waals surface area contributed by atoms with Crippen LogP contribution in [-0.2, 0) is 22.7 Å². The van der Waals surface area contributed by atoms with Crippen LogP contribution in [0.4, 0.5) is 5.69 Å². The Morgan fingerprint density at radius 2 is 1.89 bits per heavy atom. The van der Waals surface area contributed by atoms with E-state index in [9.17, 15) is 9.59 Å². The second-order valence-electron chi connectivity index (χ2n) is 11.7. The summed E-state index contributed by atoms with van der Waals surface area (Å²) >= 11 is 3.26. The smallest absolute Gasteiger partial charge is 0.250 e. The van der Waals surface area contributed by atoms with Gasteiger partial charge in [0.2, 0.25) is 11.7 Å². The molecular weight excluding hydrogens is 619 g/mol. The van der Waals surface area contributed by atoms with E-state index < -0.39 is 11.6 Å². The zero-order valence-electron chi connectivity index (χ0n) is 25.8. The summed E-state index contributed by atoms with van der Waals surface area (Å²) in [6, 6.07) is 25.3. The van der Waals surface area contributed by atoms with E-state index in [2.05, 4.69) is 37.3 Å². The number of benzene rings is 3. The van der Waals surface area contributed by atoms with Gasteiger partial charge >= 0.3 is 0 Å². The average Bonchev–Trinajstić information content (AvgIpc) is 3.78. The maximum atomic E-state index is 14.2. The van der Waals surface area contributed by atoms with Crippen LogP contribution in [0.2, 0.25) is 0 Å². The predicted octanol–water partition coefficient (Wildman–Crippen LogP) is 5.93. The molecule has 0 spiro atoms. The number of thioether (sulfide) groups is 2. The monoisotopic (exact) mass is 653 g/mol. The molecule has 0 unspecified atom stereocenters. The van der Waals surface area contributed by atoms with Crippen molar-refractivity contribution < 1.29 is 14.0 Å². The number of H-pyrrole nitrogens is 1. The van der Waals surface area contributed by atoms with Gasteiger partial charge in [0.25, 0.3) is 5.91 Å². The van der Waals surface area contributed by atoms with Crippen LogP contribution in [-0.4, -0.2) is 56.0 Å². The summed E-state index contributed by atoms with van der Waals surface area (Å²) in [7, 11) is 0. The Hall–Kier alpha value is -4.39. The molecule has 0 saturated carbocycles. The standard InChI is InChI=1S/C34H35N7O3S2/c1-34(2,35-19-24-7-6-16-44-24)18-31(42)36-28-21-46-30-17-25(45-3)14-15-29(30)41(33(28)43)20-22-10-12-23(13-11-22)26-8-4-5-9-27(26)32-37-39-40-38-32/h4-17,28,35H,18-21H2,1-3H3,(H,36,42)(H,37,38,39,40)/t28-/m1/s1. The molecule has 10 nitrogen and oxygen atoms in total. The Morgan fingerprint density at radius 1 is 1.09 bits per heavy atom. The number of aromatic nitrogens is 4. The summed E-state index contributed by atoms with van der Waals surface area (Å²) in [6.45, 7) is 4.80. The lowest BCUT2D eigenvalue weighted by Gasteiger charge is -2.28. The quantitative estimate of drug-likeness (QED) is 0.149. The number of aromatic amines is 1. The Labute approximate surface area is 276 Å². The zero-order chi connectivity index (χ0) is 32.1. The number of carbonyl (C=O) groups excluding carboxylic acids is 2. The minimum Gasteiger partial charge on any atom is -0.468 e. The Morgan fingerprint density at radius 3 is 2.61 bits per heavy atom. The Kier molecular flexibility index (Phi) is 9.57. The van der Waals surface area contributed by atoms with Crippen molar-refractivity contribution in [2.75, 3.05) is 16.9 Å². The first-order valence-electron chi connectivity index (χ1n) is 14.9. The molecule has 0 bridgehead atoms. The van der Waals surface area contributed by atoms with Gasteiger partial charge in [-0.25, -0.2) is 0 Å². The summed E-state index contributed by atoms with van der Waals surface area (Å²) in [5, 5.41) is 21.0. The first kappa shape index (κ1) is 31.6. The van der Waals surface area contributed by atoms with E-state index in [0.717, 1.165) is 43.5 Å². The number of anilines is 1. The van der Waals surface area contributed by atoms with Gasteiger partial charge in [-0.3, -0.25) is 9.59 Å². The maximum Gasteiger partial charge on any atom is 0.250 e. The molecule has 2 amide bonds. The second kappa shape index (κ2) is 13.9. The number of furan rings is 1. The highest BCUT2D eigenvalue weighted by Crippen LogP contribution is 2.38. The molecule has 0 radical (unpaired) electrons. The van der Waals surface area contributed by atoms with Crippen LogP contribution >= 0.6 is 23.5 Å². The highest BCUT2D eigenvalue weighted by Gasteiger charge is 2.33. The fourth-order valence-corrected chi connectivity index (χ4v) is 7.03. The molecule has 12 heteroatoms. The zero-order valence-corrected chi connectivity index (χ0v) is 27.5. The van der Waals surface area contributed by atoms with Crippen LogP contribution in [0.15, 0.2) is 99.3 Å². The van der Waals surface area contributed by atoms with E-state index in [1.54, 1.807) is 34.7 Å². The van der Waals surface area contributed by atoms with Crippen molar-refractivity contribution in [3.63, 3.8) is 0 Å². The van der Waals surface area contributed by atoms with Crippen LogP contribution in [0.5, 0.6) is 0 Å². The van der Waals surface area contributed by atoms with Crippen molar-refractivity contribution in [3.05, 3.63) is 96.4 Å². The Bertz CT molecular complexity index is 1790. The minimum atomic E-state index is -0.676. The van der Waals surface area contributed by atoms with E-state index in [1.165, 1.54) is 0 Å². The number of carbonyl (C=O) groups is 2. The van der Waals surface area contributed by atoms with Gasteiger partial charge in [0.1, 0.15) is 11.8 Å². The number of rotatable bonds is 11. The lowest BCUT2D eigenvalue weighted by molar-refractivity contribution is -0.127. The molecule has 2 aromatic heterocycles. The molecule has 46 heavy (non-hydrogen) atoms. The van der Waals surface area contributed by atoms with Gasteiger partial charge in [0.15, 0.2) is 0 Å². The molecule has 3 heterocycles. The SMILES string of the molecule is CSc1ccc2c(c1)SC[C@@H](NC(=O)CC(C)(C)NCc1ccco1)C(=O)N2Cc1ccc(-c2ccccc2-c2nn[nH]n2)cc1. The Balaban J connectivity index is 1.21. The predicted molar refractivity (Wildman–Crippen MR) is 181 cm³/mol. The summed E-state index contributed by atoms with van der Waals surface area (Å²) < 4.78 is 5.41. The average molecular weight is 654 g/mol. The van der Waals surface area contributed by atoms with Gasteiger partial charge in [0.05, 0.1) is 25.0 Å². The van der Waals surface area contributed by atoms with E-state index in [4.69, 9.17) is 4.42 Å². The number of nitrogens with zero attached hydrogens (tertiary/aromatic N) is 4. The molecule has 0 aliphatic carbocycles. The van der Waals surface area contributed by atoms with Crippen molar-refractivity contribution in [1.82, 2.24) is 31.3 Å². The minimum absolute atomic E-state index is 0.135. The molecule has 3 aromatic carbocycles. The fourth-order valence-electron chi connectivity index (χ4n) is 5.40. The van der Waals surface area contributed by atoms with Crippen LogP contribution in [0.3, 0.4) is 0 Å². The number of hydrogen-bond donors (Lipinski definition) is 3. The van der Waals surface area contributed by atoms with Crippen molar-refractivity contribution in [3.8, 4) is 22.5 Å². The highest BCUT2D eigenvalue weighted by atomic mass is 32.2. The first-order valence-corrected chi connectivity index (χ1v) is 17.1. The van der Waals surface area contributed by atoms with Gasteiger partial charge in [0, 0.05) is 33.1 Å². The fraction of sp³-hybridized carbons (Fsp3) is 0.265. The molecule has 1 aliphatic rings. The number of nitrogens with one attached hydrogen (secondary N) is 3. The maximum absolute atomic E-state index is 14.2. The van der Waals surface area contributed by atoms with Crippen molar-refractivity contribution in [1.29, 1.82) is 0 Å². The molecule has 3 N–H and O–H groups in total.